The first-order chi connectivity index (χ1) is 17.4. The van der Waals surface area contributed by atoms with E-state index in [1.807, 2.05) is 0 Å². The molecule has 14 heteroatoms. The molecular formula is C23H35N7O7. The van der Waals surface area contributed by atoms with Crippen molar-refractivity contribution in [2.45, 2.75) is 62.7 Å². The Bertz CT molecular complexity index is 958. The number of carboxylic acid groups (broad SMARTS) is 1. The molecule has 0 heterocycles. The van der Waals surface area contributed by atoms with Crippen LogP contribution in [0.1, 0.15) is 37.7 Å². The molecular weight excluding hydrogens is 486 g/mol. The summed E-state index contributed by atoms with van der Waals surface area (Å²) in [6.45, 7) is 0.425. The second-order valence-corrected chi connectivity index (χ2v) is 8.44. The average Bonchev–Trinajstić information content (AvgIpc) is 2.82. The van der Waals surface area contributed by atoms with Gasteiger partial charge in [-0.3, -0.25) is 24.0 Å². The zero-order valence-corrected chi connectivity index (χ0v) is 20.4. The summed E-state index contributed by atoms with van der Waals surface area (Å²) < 4.78 is 0. The van der Waals surface area contributed by atoms with Crippen LogP contribution in [0.15, 0.2) is 30.3 Å². The number of unbranched alkanes of at least 4 members (excludes halogenated alkanes) is 1. The summed E-state index contributed by atoms with van der Waals surface area (Å²) in [6.07, 6.45) is 0.199. The number of rotatable bonds is 17. The molecule has 0 bridgehead atoms. The van der Waals surface area contributed by atoms with Gasteiger partial charge in [-0.15, -0.1) is 0 Å². The van der Waals surface area contributed by atoms with Crippen molar-refractivity contribution in [1.29, 1.82) is 0 Å². The van der Waals surface area contributed by atoms with Crippen molar-refractivity contribution < 1.29 is 33.9 Å². The van der Waals surface area contributed by atoms with Crippen LogP contribution in [0.2, 0.25) is 0 Å². The monoisotopic (exact) mass is 521 g/mol. The number of carbonyl (C=O) groups excluding carboxylic acids is 5. The number of hydrogen-bond donors (Lipinski definition) is 8. The summed E-state index contributed by atoms with van der Waals surface area (Å²) in [7, 11) is 0. The second-order valence-electron chi connectivity index (χ2n) is 8.44. The van der Waals surface area contributed by atoms with Crippen molar-refractivity contribution in [1.82, 2.24) is 16.0 Å². The van der Waals surface area contributed by atoms with E-state index in [-0.39, 0.29) is 6.42 Å². The fraction of sp³-hybridized carbons (Fsp3) is 0.478. The van der Waals surface area contributed by atoms with Gasteiger partial charge in [0.1, 0.15) is 18.1 Å². The number of carbonyl (C=O) groups is 6. The fourth-order valence-electron chi connectivity index (χ4n) is 3.33. The van der Waals surface area contributed by atoms with Gasteiger partial charge in [-0.05, 0) is 24.9 Å². The average molecular weight is 522 g/mol. The minimum absolute atomic E-state index is 0.0723. The Hall–Kier alpha value is -4.04. The summed E-state index contributed by atoms with van der Waals surface area (Å²) in [5.74, 6) is -5.89. The molecule has 1 aromatic carbocycles. The zero-order chi connectivity index (χ0) is 28.0. The predicted molar refractivity (Wildman–Crippen MR) is 132 cm³/mol. The molecule has 0 aromatic heterocycles. The molecule has 5 amide bonds. The first kappa shape index (κ1) is 31.0. The maximum atomic E-state index is 13.0. The van der Waals surface area contributed by atoms with Crippen LogP contribution in [-0.2, 0) is 35.2 Å². The van der Waals surface area contributed by atoms with Crippen molar-refractivity contribution in [3.63, 3.8) is 0 Å². The third-order valence-corrected chi connectivity index (χ3v) is 5.28. The Morgan fingerprint density at radius 3 is 1.81 bits per heavy atom. The van der Waals surface area contributed by atoms with E-state index < -0.39 is 72.5 Å². The fourth-order valence-corrected chi connectivity index (χ4v) is 3.33. The van der Waals surface area contributed by atoms with E-state index in [0.717, 1.165) is 0 Å². The van der Waals surface area contributed by atoms with Crippen LogP contribution in [0, 0.1) is 0 Å². The van der Waals surface area contributed by atoms with Crippen LogP contribution in [0.5, 0.6) is 0 Å². The molecule has 0 aliphatic heterocycles. The highest BCUT2D eigenvalue weighted by Crippen LogP contribution is 2.07. The van der Waals surface area contributed by atoms with Crippen molar-refractivity contribution in [2.75, 3.05) is 6.54 Å². The summed E-state index contributed by atoms with van der Waals surface area (Å²) in [5.41, 5.74) is 22.2. The third kappa shape index (κ3) is 12.0. The normalized spacial score (nSPS) is 13.9. The van der Waals surface area contributed by atoms with Gasteiger partial charge in [0.2, 0.25) is 29.5 Å². The van der Waals surface area contributed by atoms with E-state index in [1.54, 1.807) is 30.3 Å². The molecule has 12 N–H and O–H groups in total. The molecule has 14 nitrogen and oxygen atoms in total. The van der Waals surface area contributed by atoms with E-state index in [1.165, 1.54) is 0 Å². The van der Waals surface area contributed by atoms with Gasteiger partial charge in [-0.25, -0.2) is 4.79 Å². The van der Waals surface area contributed by atoms with E-state index in [9.17, 15) is 33.9 Å². The van der Waals surface area contributed by atoms with Gasteiger partial charge in [0.05, 0.1) is 18.9 Å². The van der Waals surface area contributed by atoms with Crippen LogP contribution in [0.4, 0.5) is 0 Å². The van der Waals surface area contributed by atoms with Crippen LogP contribution in [0.25, 0.3) is 0 Å². The molecule has 0 saturated heterocycles. The Morgan fingerprint density at radius 2 is 1.27 bits per heavy atom. The number of hydrogen-bond acceptors (Lipinski definition) is 8. The van der Waals surface area contributed by atoms with Crippen molar-refractivity contribution >= 4 is 35.5 Å². The molecule has 0 fully saturated rings. The third-order valence-electron chi connectivity index (χ3n) is 5.28. The number of nitrogens with two attached hydrogens (primary N) is 4. The minimum Gasteiger partial charge on any atom is -0.480 e. The molecule has 0 aliphatic carbocycles. The first-order valence-electron chi connectivity index (χ1n) is 11.6. The minimum atomic E-state index is -1.63. The van der Waals surface area contributed by atoms with Crippen molar-refractivity contribution in [3.05, 3.63) is 35.9 Å². The second kappa shape index (κ2) is 15.9. The molecule has 0 spiro atoms. The lowest BCUT2D eigenvalue weighted by molar-refractivity contribution is -0.143. The van der Waals surface area contributed by atoms with Crippen LogP contribution in [-0.4, -0.2) is 71.3 Å². The van der Waals surface area contributed by atoms with Gasteiger partial charge in [0, 0.05) is 6.42 Å². The van der Waals surface area contributed by atoms with Crippen LogP contribution >= 0.6 is 0 Å². The van der Waals surface area contributed by atoms with Crippen molar-refractivity contribution in [2.24, 2.45) is 22.9 Å². The highest BCUT2D eigenvalue weighted by molar-refractivity contribution is 5.96. The number of primary amides is 2. The molecule has 204 valence electrons. The first-order valence-corrected chi connectivity index (χ1v) is 11.6. The number of carboxylic acids is 1. The van der Waals surface area contributed by atoms with E-state index in [4.69, 9.17) is 22.9 Å². The molecule has 0 aliphatic rings. The van der Waals surface area contributed by atoms with Crippen molar-refractivity contribution in [3.8, 4) is 0 Å². The quantitative estimate of drug-likeness (QED) is 0.0968. The van der Waals surface area contributed by atoms with Gasteiger partial charge >= 0.3 is 5.97 Å². The van der Waals surface area contributed by atoms with E-state index in [0.29, 0.717) is 31.4 Å². The molecule has 4 unspecified atom stereocenters. The lowest BCUT2D eigenvalue weighted by Crippen LogP contribution is -2.58. The number of benzene rings is 1. The zero-order valence-electron chi connectivity index (χ0n) is 20.4. The lowest BCUT2D eigenvalue weighted by atomic mass is 10.0. The van der Waals surface area contributed by atoms with E-state index >= 15 is 0 Å². The summed E-state index contributed by atoms with van der Waals surface area (Å²) >= 11 is 0. The maximum Gasteiger partial charge on any atom is 0.326 e. The standard InChI is InChI=1S/C23H35N7O7/c24-9-5-4-8-14(25)20(33)28-16(11-18(26)31)22(35)29-15(10-13-6-2-1-3-7-13)21(34)30-17(23(36)37)12-19(27)32/h1-3,6-7,14-17H,4-5,8-12,24-25H2,(H2,26,31)(H2,27,32)(H,28,33)(H,29,35)(H,30,34)(H,36,37). The number of amides is 5. The highest BCUT2D eigenvalue weighted by Gasteiger charge is 2.31. The molecule has 1 rings (SSSR count). The highest BCUT2D eigenvalue weighted by atomic mass is 16.4. The molecule has 37 heavy (non-hydrogen) atoms. The van der Waals surface area contributed by atoms with Gasteiger partial charge in [0.25, 0.3) is 0 Å². The van der Waals surface area contributed by atoms with E-state index in [2.05, 4.69) is 16.0 Å². The largest absolute Gasteiger partial charge is 0.480 e. The Labute approximate surface area is 213 Å². The van der Waals surface area contributed by atoms with Gasteiger partial charge < -0.3 is 44.0 Å². The van der Waals surface area contributed by atoms with Crippen LogP contribution in [0.3, 0.4) is 0 Å². The summed E-state index contributed by atoms with van der Waals surface area (Å²) in [6, 6.07) is 3.09. The summed E-state index contributed by atoms with van der Waals surface area (Å²) in [5, 5.41) is 16.3. The number of nitrogens with one attached hydrogen (secondary N) is 3. The molecule has 1 aromatic rings. The Morgan fingerprint density at radius 1 is 0.757 bits per heavy atom. The van der Waals surface area contributed by atoms with Crippen LogP contribution < -0.4 is 38.9 Å². The molecule has 4 atom stereocenters. The van der Waals surface area contributed by atoms with Gasteiger partial charge in [0.15, 0.2) is 0 Å². The molecule has 0 saturated carbocycles. The molecule has 0 radical (unpaired) electrons. The predicted octanol–water partition coefficient (Wildman–Crippen LogP) is -3.02. The smallest absolute Gasteiger partial charge is 0.326 e. The Kier molecular flexibility index (Phi) is 13.3. The maximum absolute atomic E-state index is 13.0. The van der Waals surface area contributed by atoms with Gasteiger partial charge in [-0.1, -0.05) is 36.8 Å². The lowest BCUT2D eigenvalue weighted by Gasteiger charge is -2.25. The Balaban J connectivity index is 3.09. The van der Waals surface area contributed by atoms with Gasteiger partial charge in [-0.2, -0.15) is 0 Å². The SMILES string of the molecule is NCCCCC(N)C(=O)NC(CC(N)=O)C(=O)NC(Cc1ccccc1)C(=O)NC(CC(N)=O)C(=O)O. The number of aliphatic carboxylic acids is 1. The summed E-state index contributed by atoms with van der Waals surface area (Å²) in [4.78, 5) is 72.7. The topological polar surface area (TPSA) is 263 Å².